The van der Waals surface area contributed by atoms with Crippen molar-refractivity contribution in [1.29, 1.82) is 0 Å². The number of Topliss-reactive ketones (excluding diaryl/α,β-unsaturated/α-hetero) is 1. The molecule has 0 bridgehead atoms. The molecular weight excluding hydrogens is 180 g/mol. The summed E-state index contributed by atoms with van der Waals surface area (Å²) in [5, 5.41) is 35.5. The molecule has 0 aliphatic rings. The Morgan fingerprint density at radius 3 is 2.62 bits per heavy atom. The molecule has 78 valence electrons. The van der Waals surface area contributed by atoms with E-state index < -0.39 is 44.4 Å². The van der Waals surface area contributed by atoms with Crippen LogP contribution in [0.2, 0.25) is 0 Å². The van der Waals surface area contributed by atoms with Crippen molar-refractivity contribution in [3.8, 4) is 0 Å². The van der Waals surface area contributed by atoms with Crippen LogP contribution >= 0.6 is 0 Å². The van der Waals surface area contributed by atoms with E-state index in [-0.39, 0.29) is 0 Å². The van der Waals surface area contributed by atoms with Crippen molar-refractivity contribution in [3.05, 3.63) is 0 Å². The first-order valence-corrected chi connectivity index (χ1v) is 3.59. The predicted molar refractivity (Wildman–Crippen MR) is 42.0 cm³/mol. The van der Waals surface area contributed by atoms with Crippen LogP contribution in [0.25, 0.3) is 0 Å². The molecular formula is C7H14O6. The Balaban J connectivity index is 4.03. The number of aliphatic hydroxyl groups excluding tert-OH is 4. The monoisotopic (exact) mass is 195 g/mol. The Labute approximate surface area is 76.8 Å². The maximum atomic E-state index is 11.0. The fourth-order valence-corrected chi connectivity index (χ4v) is 0.695. The molecule has 0 aliphatic carbocycles. The average molecular weight is 195 g/mol. The van der Waals surface area contributed by atoms with Gasteiger partial charge in [0.05, 0.1) is 7.98 Å². The molecule has 4 N–H and O–H groups in total. The van der Waals surface area contributed by atoms with Crippen LogP contribution in [0, 0.1) is 0 Å². The van der Waals surface area contributed by atoms with Crippen LogP contribution in [0.4, 0.5) is 0 Å². The van der Waals surface area contributed by atoms with Gasteiger partial charge < -0.3 is 25.2 Å². The molecule has 0 saturated carbocycles. The van der Waals surface area contributed by atoms with Gasteiger partial charge in [0.15, 0.2) is 5.78 Å². The van der Waals surface area contributed by atoms with Crippen molar-refractivity contribution in [2.75, 3.05) is 20.3 Å². The van der Waals surface area contributed by atoms with Gasteiger partial charge in [0.25, 0.3) is 0 Å². The van der Waals surface area contributed by atoms with Crippen LogP contribution < -0.4 is 0 Å². The second-order valence-electron chi connectivity index (χ2n) is 2.50. The highest BCUT2D eigenvalue weighted by Gasteiger charge is 2.29. The molecule has 0 rings (SSSR count). The topological polar surface area (TPSA) is 107 Å². The summed E-state index contributed by atoms with van der Waals surface area (Å²) in [4.78, 5) is 11.0. The molecule has 0 aromatic carbocycles. The Hall–Kier alpha value is -0.530. The van der Waals surface area contributed by atoms with E-state index in [1.807, 2.05) is 0 Å². The summed E-state index contributed by atoms with van der Waals surface area (Å²) in [5.41, 5.74) is 0. The first-order valence-electron chi connectivity index (χ1n) is 4.30. The summed E-state index contributed by atoms with van der Waals surface area (Å²) >= 11 is 0. The van der Waals surface area contributed by atoms with Crippen LogP contribution in [-0.4, -0.2) is 64.8 Å². The first-order chi connectivity index (χ1) is 6.54. The second kappa shape index (κ2) is 6.01. The van der Waals surface area contributed by atoms with E-state index in [4.69, 9.17) is 21.8 Å². The van der Waals surface area contributed by atoms with Gasteiger partial charge in [-0.1, -0.05) is 0 Å². The Morgan fingerprint density at radius 2 is 2.15 bits per heavy atom. The standard InChI is InChI=1S/C7H14O6/c1-13-3-5(10)7(12)6(11)4(9)2-8/h4,6-9,11-12H,2-3H2,1H3/t4-,6-,7-/m1/s1/i1D. The van der Waals surface area contributed by atoms with Crippen LogP contribution in [0.15, 0.2) is 0 Å². The zero-order chi connectivity index (χ0) is 11.1. The summed E-state index contributed by atoms with van der Waals surface area (Å²) < 4.78 is 10.9. The van der Waals surface area contributed by atoms with Crippen molar-refractivity contribution in [2.24, 2.45) is 0 Å². The molecule has 0 aromatic rings. The summed E-state index contributed by atoms with van der Waals surface area (Å²) in [5.74, 6) is -0.850. The lowest BCUT2D eigenvalue weighted by atomic mass is 10.1. The molecule has 0 heterocycles. The van der Waals surface area contributed by atoms with Crippen LogP contribution in [0.1, 0.15) is 1.37 Å². The molecule has 0 fully saturated rings. The van der Waals surface area contributed by atoms with Gasteiger partial charge in [-0.3, -0.25) is 4.79 Å². The molecule has 6 heteroatoms. The lowest BCUT2D eigenvalue weighted by Gasteiger charge is -2.19. The smallest absolute Gasteiger partial charge is 0.189 e. The number of ketones is 1. The summed E-state index contributed by atoms with van der Waals surface area (Å²) in [6.45, 7) is -1.27. The number of methoxy groups -OCH3 is 1. The third-order valence-electron chi connectivity index (χ3n) is 1.48. The fourth-order valence-electron chi connectivity index (χ4n) is 0.695. The highest BCUT2D eigenvalue weighted by atomic mass is 16.5. The van der Waals surface area contributed by atoms with Gasteiger partial charge in [-0.25, -0.2) is 0 Å². The van der Waals surface area contributed by atoms with E-state index in [1.165, 1.54) is 0 Å². The number of hydrogen-bond donors (Lipinski definition) is 4. The second-order valence-corrected chi connectivity index (χ2v) is 2.50. The highest BCUT2D eigenvalue weighted by Crippen LogP contribution is 2.01. The summed E-state index contributed by atoms with van der Waals surface area (Å²) in [6.07, 6.45) is -5.14. The zero-order valence-electron chi connectivity index (χ0n) is 7.96. The minimum Gasteiger partial charge on any atom is -0.394 e. The van der Waals surface area contributed by atoms with E-state index in [1.54, 1.807) is 0 Å². The molecule has 0 spiro atoms. The molecule has 0 radical (unpaired) electrons. The first kappa shape index (κ1) is 10.6. The average Bonchev–Trinajstić information content (AvgIpc) is 2.22. The van der Waals surface area contributed by atoms with E-state index >= 15 is 0 Å². The SMILES string of the molecule is [2H]COCC(=O)[C@@H](O)[C@H](O)[C@H](O)CO. The molecule has 0 aliphatic heterocycles. The van der Waals surface area contributed by atoms with Crippen LogP contribution in [0.3, 0.4) is 0 Å². The minimum atomic E-state index is -1.82. The molecule has 6 nitrogen and oxygen atoms in total. The van der Waals surface area contributed by atoms with Gasteiger partial charge in [0.1, 0.15) is 24.9 Å². The van der Waals surface area contributed by atoms with Crippen LogP contribution in [-0.2, 0) is 9.53 Å². The van der Waals surface area contributed by atoms with Crippen molar-refractivity contribution < 1.29 is 31.3 Å². The molecule has 0 saturated heterocycles. The maximum Gasteiger partial charge on any atom is 0.189 e. The van der Waals surface area contributed by atoms with Gasteiger partial charge in [-0.15, -0.1) is 0 Å². The fraction of sp³-hybridized carbons (Fsp3) is 0.857. The van der Waals surface area contributed by atoms with Gasteiger partial charge in [0.2, 0.25) is 0 Å². The van der Waals surface area contributed by atoms with Crippen molar-refractivity contribution in [3.63, 3.8) is 0 Å². The lowest BCUT2D eigenvalue weighted by molar-refractivity contribution is -0.143. The Kier molecular flexibility index (Phi) is 4.87. The van der Waals surface area contributed by atoms with Crippen LogP contribution in [0.5, 0.6) is 0 Å². The normalized spacial score (nSPS) is 18.9. The summed E-state index contributed by atoms with van der Waals surface area (Å²) in [6, 6.07) is 0. The van der Waals surface area contributed by atoms with Crippen molar-refractivity contribution in [1.82, 2.24) is 0 Å². The van der Waals surface area contributed by atoms with E-state index in [0.717, 1.165) is 0 Å². The molecule has 0 amide bonds. The zero-order valence-corrected chi connectivity index (χ0v) is 6.96. The third-order valence-corrected chi connectivity index (χ3v) is 1.48. The molecule has 13 heavy (non-hydrogen) atoms. The van der Waals surface area contributed by atoms with Gasteiger partial charge in [-0.2, -0.15) is 0 Å². The highest BCUT2D eigenvalue weighted by molar-refractivity contribution is 5.84. The van der Waals surface area contributed by atoms with Gasteiger partial charge in [-0.05, 0) is 0 Å². The molecule has 3 atom stereocenters. The van der Waals surface area contributed by atoms with Gasteiger partial charge >= 0.3 is 0 Å². The number of ether oxygens (including phenoxy) is 1. The van der Waals surface area contributed by atoms with Crippen molar-refractivity contribution >= 4 is 5.78 Å². The number of rotatable bonds is 6. The Bertz CT molecular complexity index is 176. The maximum absolute atomic E-state index is 11.0. The number of hydrogen-bond acceptors (Lipinski definition) is 6. The lowest BCUT2D eigenvalue weighted by Crippen LogP contribution is -2.44. The van der Waals surface area contributed by atoms with E-state index in [2.05, 4.69) is 4.74 Å². The van der Waals surface area contributed by atoms with E-state index in [0.29, 0.717) is 0 Å². The number of carbonyl (C=O) groups is 1. The molecule has 0 unspecified atom stereocenters. The molecule has 0 aromatic heterocycles. The minimum absolute atomic E-state index is 0.433. The Morgan fingerprint density at radius 1 is 1.54 bits per heavy atom. The largest absolute Gasteiger partial charge is 0.394 e. The number of aliphatic hydroxyl groups is 4. The van der Waals surface area contributed by atoms with Gasteiger partial charge in [0, 0.05) is 7.09 Å². The van der Waals surface area contributed by atoms with Crippen molar-refractivity contribution in [2.45, 2.75) is 18.3 Å². The quantitative estimate of drug-likeness (QED) is 0.367. The summed E-state index contributed by atoms with van der Waals surface area (Å²) in [7, 11) is -0.433. The van der Waals surface area contributed by atoms with E-state index in [9.17, 15) is 4.79 Å². The third kappa shape index (κ3) is 3.79. The number of carbonyl (C=O) groups excluding carboxylic acids is 1. The predicted octanol–water partition coefficient (Wildman–Crippen LogP) is -2.72.